The number of aliphatic imine (C=N–C) groups is 1. The minimum atomic E-state index is -0.416. The molecule has 0 fully saturated rings. The smallest absolute Gasteiger partial charge is 0.311 e. The third-order valence-electron chi connectivity index (χ3n) is 3.99. The number of carbonyl (C=O) groups is 1. The van der Waals surface area contributed by atoms with Crippen LogP contribution in [0.25, 0.3) is 0 Å². The van der Waals surface area contributed by atoms with Crippen LogP contribution in [0.1, 0.15) is 72.6 Å². The van der Waals surface area contributed by atoms with Crippen molar-refractivity contribution in [2.24, 2.45) is 10.4 Å². The van der Waals surface area contributed by atoms with Crippen molar-refractivity contribution in [3.8, 4) is 0 Å². The molecule has 0 aromatic heterocycles. The minimum Gasteiger partial charge on any atom is -0.463 e. The number of carbonyl (C=O) groups excluding carboxylic acids is 1. The normalized spacial score (nSPS) is 15.1. The summed E-state index contributed by atoms with van der Waals surface area (Å²) in [5.74, 6) is 1.09. The van der Waals surface area contributed by atoms with Crippen molar-refractivity contribution < 1.29 is 9.53 Å². The van der Waals surface area contributed by atoms with Crippen LogP contribution in [0.15, 0.2) is 4.99 Å². The second-order valence-corrected chi connectivity index (χ2v) is 7.19. The highest BCUT2D eigenvalue weighted by Gasteiger charge is 2.23. The van der Waals surface area contributed by atoms with E-state index in [-0.39, 0.29) is 5.97 Å². The quantitative estimate of drug-likeness (QED) is 0.452. The summed E-state index contributed by atoms with van der Waals surface area (Å²) in [6, 6.07) is 0. The standard InChI is InChI=1S/C18H34N2O2/c1-5-6-7-8-9-10-11-16-19-12-13-20(16)14-15-22-17(21)18(2,3)4/h5-15H2,1-4H3. The molecule has 22 heavy (non-hydrogen) atoms. The first-order valence-corrected chi connectivity index (χ1v) is 8.90. The number of esters is 1. The summed E-state index contributed by atoms with van der Waals surface area (Å²) in [4.78, 5) is 18.6. The largest absolute Gasteiger partial charge is 0.463 e. The Morgan fingerprint density at radius 3 is 2.55 bits per heavy atom. The maximum Gasteiger partial charge on any atom is 0.311 e. The molecule has 0 bridgehead atoms. The van der Waals surface area contributed by atoms with Gasteiger partial charge in [0, 0.05) is 13.0 Å². The van der Waals surface area contributed by atoms with Gasteiger partial charge in [-0.1, -0.05) is 39.0 Å². The topological polar surface area (TPSA) is 41.9 Å². The lowest BCUT2D eigenvalue weighted by Crippen LogP contribution is -2.33. The zero-order valence-corrected chi connectivity index (χ0v) is 15.0. The van der Waals surface area contributed by atoms with Gasteiger partial charge in [0.1, 0.15) is 6.61 Å². The SMILES string of the molecule is CCCCCCCCC1=NCCN1CCOC(=O)C(C)(C)C. The fourth-order valence-electron chi connectivity index (χ4n) is 2.54. The Bertz CT molecular complexity index is 359. The maximum atomic E-state index is 11.7. The third kappa shape index (κ3) is 7.28. The van der Waals surface area contributed by atoms with Crippen LogP contribution in [0.3, 0.4) is 0 Å². The number of hydrogen-bond donors (Lipinski definition) is 0. The molecule has 0 saturated carbocycles. The van der Waals surface area contributed by atoms with E-state index in [0.717, 1.165) is 26.1 Å². The highest BCUT2D eigenvalue weighted by atomic mass is 16.5. The molecule has 0 aliphatic carbocycles. The number of nitrogens with zero attached hydrogens (tertiary/aromatic N) is 2. The predicted octanol–water partition coefficient (Wildman–Crippen LogP) is 4.04. The van der Waals surface area contributed by atoms with E-state index in [1.807, 2.05) is 20.8 Å². The monoisotopic (exact) mass is 310 g/mol. The molecule has 0 saturated heterocycles. The number of unbranched alkanes of at least 4 members (excludes halogenated alkanes) is 5. The van der Waals surface area contributed by atoms with E-state index in [4.69, 9.17) is 4.74 Å². The van der Waals surface area contributed by atoms with Crippen LogP contribution in [0.5, 0.6) is 0 Å². The van der Waals surface area contributed by atoms with E-state index in [1.165, 1.54) is 44.4 Å². The molecule has 0 unspecified atom stereocenters. The van der Waals surface area contributed by atoms with Crippen LogP contribution in [0.2, 0.25) is 0 Å². The number of ether oxygens (including phenoxy) is 1. The van der Waals surface area contributed by atoms with Crippen LogP contribution >= 0.6 is 0 Å². The van der Waals surface area contributed by atoms with Gasteiger partial charge >= 0.3 is 5.97 Å². The van der Waals surface area contributed by atoms with E-state index >= 15 is 0 Å². The molecule has 0 aromatic carbocycles. The lowest BCUT2D eigenvalue weighted by molar-refractivity contribution is -0.153. The Morgan fingerprint density at radius 2 is 1.86 bits per heavy atom. The molecule has 0 N–H and O–H groups in total. The van der Waals surface area contributed by atoms with E-state index in [0.29, 0.717) is 6.61 Å². The van der Waals surface area contributed by atoms with Gasteiger partial charge in [0.15, 0.2) is 0 Å². The van der Waals surface area contributed by atoms with Gasteiger partial charge in [-0.2, -0.15) is 0 Å². The van der Waals surface area contributed by atoms with E-state index in [1.54, 1.807) is 0 Å². The number of rotatable bonds is 10. The Morgan fingerprint density at radius 1 is 1.18 bits per heavy atom. The van der Waals surface area contributed by atoms with Gasteiger partial charge < -0.3 is 9.64 Å². The lowest BCUT2D eigenvalue weighted by atomic mass is 9.97. The molecule has 1 aliphatic heterocycles. The molecular formula is C18H34N2O2. The summed E-state index contributed by atoms with van der Waals surface area (Å²) in [6.07, 6.45) is 8.94. The first-order chi connectivity index (χ1) is 10.4. The number of hydrogen-bond acceptors (Lipinski definition) is 4. The van der Waals surface area contributed by atoms with Gasteiger partial charge in [-0.25, -0.2) is 0 Å². The van der Waals surface area contributed by atoms with Gasteiger partial charge in [0.2, 0.25) is 0 Å². The number of amidine groups is 1. The lowest BCUT2D eigenvalue weighted by Gasteiger charge is -2.22. The zero-order valence-electron chi connectivity index (χ0n) is 15.0. The molecule has 0 radical (unpaired) electrons. The van der Waals surface area contributed by atoms with Gasteiger partial charge in [0.05, 0.1) is 24.3 Å². The van der Waals surface area contributed by atoms with Crippen molar-refractivity contribution >= 4 is 11.8 Å². The Balaban J connectivity index is 2.16. The average molecular weight is 310 g/mol. The van der Waals surface area contributed by atoms with Crippen LogP contribution in [0, 0.1) is 5.41 Å². The molecular weight excluding hydrogens is 276 g/mol. The predicted molar refractivity (Wildman–Crippen MR) is 92.3 cm³/mol. The third-order valence-corrected chi connectivity index (χ3v) is 3.99. The molecule has 0 atom stereocenters. The molecule has 0 spiro atoms. The minimum absolute atomic E-state index is 0.124. The van der Waals surface area contributed by atoms with Crippen LogP contribution in [0.4, 0.5) is 0 Å². The summed E-state index contributed by atoms with van der Waals surface area (Å²) in [5.41, 5.74) is -0.416. The fraction of sp³-hybridized carbons (Fsp3) is 0.889. The Labute approximate surface area is 136 Å². The molecule has 0 amide bonds. The average Bonchev–Trinajstić information content (AvgIpc) is 2.89. The first kappa shape index (κ1) is 19.0. The van der Waals surface area contributed by atoms with Gasteiger partial charge in [0.25, 0.3) is 0 Å². The van der Waals surface area contributed by atoms with Crippen molar-refractivity contribution in [1.29, 1.82) is 0 Å². The second-order valence-electron chi connectivity index (χ2n) is 7.19. The maximum absolute atomic E-state index is 11.7. The molecule has 1 aliphatic rings. The Kier molecular flexibility index (Phi) is 8.51. The summed E-state index contributed by atoms with van der Waals surface area (Å²) >= 11 is 0. The van der Waals surface area contributed by atoms with Gasteiger partial charge in [-0.15, -0.1) is 0 Å². The van der Waals surface area contributed by atoms with E-state index in [2.05, 4.69) is 16.8 Å². The summed E-state index contributed by atoms with van der Waals surface area (Å²) in [6.45, 7) is 11.0. The second kappa shape index (κ2) is 9.86. The molecule has 1 rings (SSSR count). The van der Waals surface area contributed by atoms with Crippen molar-refractivity contribution in [2.45, 2.75) is 72.6 Å². The van der Waals surface area contributed by atoms with Gasteiger partial charge in [-0.3, -0.25) is 9.79 Å². The van der Waals surface area contributed by atoms with E-state index < -0.39 is 5.41 Å². The molecule has 4 heteroatoms. The van der Waals surface area contributed by atoms with Crippen LogP contribution in [-0.2, 0) is 9.53 Å². The van der Waals surface area contributed by atoms with Crippen molar-refractivity contribution in [3.05, 3.63) is 0 Å². The van der Waals surface area contributed by atoms with E-state index in [9.17, 15) is 4.79 Å². The highest BCUT2D eigenvalue weighted by molar-refractivity contribution is 5.83. The summed E-state index contributed by atoms with van der Waals surface area (Å²) in [7, 11) is 0. The Hall–Kier alpha value is -1.06. The first-order valence-electron chi connectivity index (χ1n) is 8.90. The van der Waals surface area contributed by atoms with Gasteiger partial charge in [-0.05, 0) is 27.2 Å². The van der Waals surface area contributed by atoms with Crippen molar-refractivity contribution in [3.63, 3.8) is 0 Å². The van der Waals surface area contributed by atoms with Crippen molar-refractivity contribution in [1.82, 2.24) is 4.90 Å². The summed E-state index contributed by atoms with van der Waals surface area (Å²) in [5, 5.41) is 0. The molecule has 128 valence electrons. The molecule has 1 heterocycles. The van der Waals surface area contributed by atoms with Crippen molar-refractivity contribution in [2.75, 3.05) is 26.2 Å². The summed E-state index contributed by atoms with van der Waals surface area (Å²) < 4.78 is 5.35. The zero-order chi connectivity index (χ0) is 16.4. The fourth-order valence-corrected chi connectivity index (χ4v) is 2.54. The molecule has 4 nitrogen and oxygen atoms in total. The van der Waals surface area contributed by atoms with Crippen LogP contribution in [-0.4, -0.2) is 42.9 Å². The highest BCUT2D eigenvalue weighted by Crippen LogP contribution is 2.15. The molecule has 0 aromatic rings. The van der Waals surface area contributed by atoms with Crippen LogP contribution < -0.4 is 0 Å².